The molecule has 0 atom stereocenters. The van der Waals surface area contributed by atoms with Crippen molar-refractivity contribution in [3.63, 3.8) is 0 Å². The molecule has 0 saturated carbocycles. The first-order valence-electron chi connectivity index (χ1n) is 6.56. The summed E-state index contributed by atoms with van der Waals surface area (Å²) < 4.78 is 5.23. The highest BCUT2D eigenvalue weighted by atomic mass is 16.5. The van der Waals surface area contributed by atoms with E-state index in [0.29, 0.717) is 24.9 Å². The van der Waals surface area contributed by atoms with E-state index in [9.17, 15) is 5.11 Å². The Bertz CT molecular complexity index is 355. The van der Waals surface area contributed by atoms with E-state index in [1.165, 1.54) is 0 Å². The van der Waals surface area contributed by atoms with Crippen molar-refractivity contribution in [1.82, 2.24) is 15.0 Å². The molecule has 18 heavy (non-hydrogen) atoms. The fourth-order valence-corrected chi connectivity index (χ4v) is 1.82. The lowest BCUT2D eigenvalue weighted by Gasteiger charge is -2.26. The third-order valence-electron chi connectivity index (χ3n) is 2.52. The van der Waals surface area contributed by atoms with Gasteiger partial charge in [-0.15, -0.1) is 0 Å². The minimum atomic E-state index is -0.712. The van der Waals surface area contributed by atoms with Crippen molar-refractivity contribution < 1.29 is 9.63 Å². The number of hydrogen-bond donors (Lipinski definition) is 1. The summed E-state index contributed by atoms with van der Waals surface area (Å²) in [6, 6.07) is 0. The van der Waals surface area contributed by atoms with Crippen LogP contribution in [-0.2, 0) is 13.0 Å². The highest BCUT2D eigenvalue weighted by molar-refractivity contribution is 4.88. The van der Waals surface area contributed by atoms with Crippen LogP contribution in [0.15, 0.2) is 4.52 Å². The maximum atomic E-state index is 9.81. The number of nitrogens with zero attached hydrogens (tertiary/aromatic N) is 3. The molecule has 0 aliphatic rings. The molecule has 5 heteroatoms. The van der Waals surface area contributed by atoms with E-state index in [-0.39, 0.29) is 0 Å². The molecule has 0 spiro atoms. The molecule has 0 radical (unpaired) electrons. The second-order valence-electron chi connectivity index (χ2n) is 5.82. The van der Waals surface area contributed by atoms with Crippen LogP contribution in [0.5, 0.6) is 0 Å². The average Bonchev–Trinajstić information content (AvgIpc) is 2.61. The Balaban J connectivity index is 2.57. The third-order valence-corrected chi connectivity index (χ3v) is 2.52. The second-order valence-corrected chi connectivity index (χ2v) is 5.82. The zero-order chi connectivity index (χ0) is 13.8. The normalized spacial score (nSPS) is 12.7. The summed E-state index contributed by atoms with van der Waals surface area (Å²) in [5.41, 5.74) is -0.712. The van der Waals surface area contributed by atoms with E-state index in [2.05, 4.69) is 35.8 Å². The topological polar surface area (TPSA) is 62.4 Å². The summed E-state index contributed by atoms with van der Waals surface area (Å²) in [6.45, 7) is 11.9. The summed E-state index contributed by atoms with van der Waals surface area (Å²) >= 11 is 0. The van der Waals surface area contributed by atoms with Gasteiger partial charge < -0.3 is 9.63 Å². The fraction of sp³-hybridized carbons (Fsp3) is 0.846. The predicted octanol–water partition coefficient (Wildman–Crippen LogP) is 1.86. The van der Waals surface area contributed by atoms with E-state index < -0.39 is 5.60 Å². The quantitative estimate of drug-likeness (QED) is 0.805. The zero-order valence-corrected chi connectivity index (χ0v) is 12.1. The number of aliphatic hydroxyl groups is 1. The molecule has 1 aromatic rings. The van der Waals surface area contributed by atoms with Gasteiger partial charge in [-0.25, -0.2) is 0 Å². The molecule has 0 fully saturated rings. The molecule has 0 bridgehead atoms. The molecule has 1 heterocycles. The van der Waals surface area contributed by atoms with Gasteiger partial charge in [0.1, 0.15) is 0 Å². The monoisotopic (exact) mass is 255 g/mol. The average molecular weight is 255 g/mol. The minimum absolute atomic E-state index is 0.522. The first-order chi connectivity index (χ1) is 8.30. The molecule has 0 aliphatic carbocycles. The van der Waals surface area contributed by atoms with Crippen LogP contribution in [0, 0.1) is 5.92 Å². The van der Waals surface area contributed by atoms with Crippen molar-refractivity contribution in [1.29, 1.82) is 0 Å². The smallest absolute Gasteiger partial charge is 0.240 e. The van der Waals surface area contributed by atoms with Crippen LogP contribution in [0.3, 0.4) is 0 Å². The molecule has 0 aliphatic heterocycles. The highest BCUT2D eigenvalue weighted by Crippen LogP contribution is 2.10. The SMILES string of the molecule is CCN(Cc1nc(CC(C)C)no1)CC(C)(C)O. The Morgan fingerprint density at radius 2 is 2.06 bits per heavy atom. The Morgan fingerprint density at radius 3 is 2.56 bits per heavy atom. The molecule has 5 nitrogen and oxygen atoms in total. The third kappa shape index (κ3) is 5.60. The predicted molar refractivity (Wildman–Crippen MR) is 70.1 cm³/mol. The summed E-state index contributed by atoms with van der Waals surface area (Å²) in [6.07, 6.45) is 0.834. The van der Waals surface area contributed by atoms with Gasteiger partial charge in [0.25, 0.3) is 0 Å². The van der Waals surface area contributed by atoms with Gasteiger partial charge in [-0.05, 0) is 26.3 Å². The largest absolute Gasteiger partial charge is 0.389 e. The van der Waals surface area contributed by atoms with Crippen molar-refractivity contribution in [2.24, 2.45) is 5.92 Å². The lowest BCUT2D eigenvalue weighted by molar-refractivity contribution is 0.0322. The highest BCUT2D eigenvalue weighted by Gasteiger charge is 2.19. The molecule has 1 rings (SSSR count). The van der Waals surface area contributed by atoms with Crippen LogP contribution >= 0.6 is 0 Å². The van der Waals surface area contributed by atoms with E-state index in [4.69, 9.17) is 4.52 Å². The van der Waals surface area contributed by atoms with E-state index in [1.54, 1.807) is 13.8 Å². The van der Waals surface area contributed by atoms with Crippen LogP contribution in [0.4, 0.5) is 0 Å². The minimum Gasteiger partial charge on any atom is -0.389 e. The van der Waals surface area contributed by atoms with Crippen molar-refractivity contribution in [3.05, 3.63) is 11.7 Å². The van der Waals surface area contributed by atoms with Crippen LogP contribution < -0.4 is 0 Å². The number of hydrogen-bond acceptors (Lipinski definition) is 5. The fourth-order valence-electron chi connectivity index (χ4n) is 1.82. The van der Waals surface area contributed by atoms with Gasteiger partial charge in [-0.3, -0.25) is 4.90 Å². The zero-order valence-electron chi connectivity index (χ0n) is 12.1. The van der Waals surface area contributed by atoms with Gasteiger partial charge in [0.2, 0.25) is 5.89 Å². The molecule has 1 aromatic heterocycles. The van der Waals surface area contributed by atoms with Gasteiger partial charge >= 0.3 is 0 Å². The van der Waals surface area contributed by atoms with Crippen molar-refractivity contribution in [3.8, 4) is 0 Å². The van der Waals surface area contributed by atoms with Crippen LogP contribution in [0.2, 0.25) is 0 Å². The first kappa shape index (κ1) is 15.1. The number of likely N-dealkylation sites (N-methyl/N-ethyl adjacent to an activating group) is 1. The summed E-state index contributed by atoms with van der Waals surface area (Å²) in [5, 5.41) is 13.8. The van der Waals surface area contributed by atoms with E-state index >= 15 is 0 Å². The van der Waals surface area contributed by atoms with Crippen molar-refractivity contribution >= 4 is 0 Å². The molecular formula is C13H25N3O2. The molecule has 0 saturated heterocycles. The molecule has 0 unspecified atom stereocenters. The Kier molecular flexibility index (Phi) is 5.28. The van der Waals surface area contributed by atoms with Crippen LogP contribution in [0.1, 0.15) is 46.3 Å². The molecule has 0 amide bonds. The maximum Gasteiger partial charge on any atom is 0.240 e. The van der Waals surface area contributed by atoms with Gasteiger partial charge in [0.05, 0.1) is 12.1 Å². The first-order valence-corrected chi connectivity index (χ1v) is 6.56. The van der Waals surface area contributed by atoms with E-state index in [1.807, 2.05) is 0 Å². The molecule has 0 aromatic carbocycles. The van der Waals surface area contributed by atoms with Crippen molar-refractivity contribution in [2.75, 3.05) is 13.1 Å². The van der Waals surface area contributed by atoms with E-state index in [0.717, 1.165) is 18.8 Å². The Labute approximate surface area is 109 Å². The lowest BCUT2D eigenvalue weighted by Crippen LogP contribution is -2.38. The standard InChI is InChI=1S/C13H25N3O2/c1-6-16(9-13(4,5)17)8-12-14-11(15-18-12)7-10(2)3/h10,17H,6-9H2,1-5H3. The summed E-state index contributed by atoms with van der Waals surface area (Å²) in [4.78, 5) is 6.46. The van der Waals surface area contributed by atoms with Crippen LogP contribution in [0.25, 0.3) is 0 Å². The maximum absolute atomic E-state index is 9.81. The summed E-state index contributed by atoms with van der Waals surface area (Å²) in [5.74, 6) is 1.91. The Hall–Kier alpha value is -0.940. The molecule has 104 valence electrons. The second kappa shape index (κ2) is 6.29. The molecular weight excluding hydrogens is 230 g/mol. The number of rotatable bonds is 7. The van der Waals surface area contributed by atoms with Gasteiger partial charge in [-0.2, -0.15) is 4.98 Å². The lowest BCUT2D eigenvalue weighted by atomic mass is 10.1. The summed E-state index contributed by atoms with van der Waals surface area (Å²) in [7, 11) is 0. The number of aromatic nitrogens is 2. The van der Waals surface area contributed by atoms with Crippen molar-refractivity contribution in [2.45, 2.75) is 53.2 Å². The van der Waals surface area contributed by atoms with Crippen LogP contribution in [-0.4, -0.2) is 38.8 Å². The van der Waals surface area contributed by atoms with Gasteiger partial charge in [-0.1, -0.05) is 25.9 Å². The van der Waals surface area contributed by atoms with Gasteiger partial charge in [0.15, 0.2) is 5.82 Å². The Morgan fingerprint density at radius 1 is 1.39 bits per heavy atom. The van der Waals surface area contributed by atoms with Gasteiger partial charge in [0, 0.05) is 13.0 Å². The molecule has 1 N–H and O–H groups in total.